The van der Waals surface area contributed by atoms with E-state index in [0.29, 0.717) is 38.3 Å². The monoisotopic (exact) mass is 426 g/mol. The number of hydrogen-bond donors (Lipinski definition) is 0. The number of benzene rings is 1. The molecule has 0 saturated carbocycles. The van der Waals surface area contributed by atoms with Gasteiger partial charge in [0.1, 0.15) is 4.90 Å². The number of sulfonamides is 1. The van der Waals surface area contributed by atoms with E-state index < -0.39 is 10.0 Å². The van der Waals surface area contributed by atoms with Gasteiger partial charge in [-0.2, -0.15) is 0 Å². The fraction of sp³-hybridized carbons (Fsp3) is 0.444. The van der Waals surface area contributed by atoms with Crippen molar-refractivity contribution in [1.82, 2.24) is 19.3 Å². The third kappa shape index (κ3) is 4.38. The molecule has 1 aromatic carbocycles. The van der Waals surface area contributed by atoms with Gasteiger partial charge in [0.15, 0.2) is 5.76 Å². The second kappa shape index (κ2) is 8.20. The summed E-state index contributed by atoms with van der Waals surface area (Å²) in [6.45, 7) is 5.01. The zero-order chi connectivity index (χ0) is 20.5. The molecular formula is C18H23ClN4O4S. The lowest BCUT2D eigenvalue weighted by atomic mass is 10.2. The number of aromatic nitrogens is 1. The maximum atomic E-state index is 12.9. The fourth-order valence-electron chi connectivity index (χ4n) is 3.03. The molecule has 0 aliphatic carbocycles. The van der Waals surface area contributed by atoms with Crippen LogP contribution in [-0.2, 0) is 16.6 Å². The summed E-state index contributed by atoms with van der Waals surface area (Å²) < 4.78 is 31.2. The number of nitrogens with zero attached hydrogens (tertiary/aromatic N) is 4. The Hall–Kier alpha value is -1.94. The average molecular weight is 427 g/mol. The van der Waals surface area contributed by atoms with Gasteiger partial charge in [-0.25, -0.2) is 12.7 Å². The molecule has 10 heteroatoms. The third-order valence-electron chi connectivity index (χ3n) is 4.65. The molecule has 0 N–H and O–H groups in total. The number of amides is 1. The van der Waals surface area contributed by atoms with Gasteiger partial charge in [-0.3, -0.25) is 9.69 Å². The van der Waals surface area contributed by atoms with Gasteiger partial charge in [0, 0.05) is 51.9 Å². The van der Waals surface area contributed by atoms with Gasteiger partial charge in [0.25, 0.3) is 5.91 Å². The first-order chi connectivity index (χ1) is 13.2. The largest absolute Gasteiger partial charge is 0.360 e. The molecule has 0 radical (unpaired) electrons. The molecule has 0 atom stereocenters. The van der Waals surface area contributed by atoms with E-state index in [1.165, 1.54) is 26.2 Å². The summed E-state index contributed by atoms with van der Waals surface area (Å²) in [6, 6.07) is 6.26. The second-order valence-corrected chi connectivity index (χ2v) is 9.46. The van der Waals surface area contributed by atoms with Crippen LogP contribution in [0.5, 0.6) is 0 Å². The van der Waals surface area contributed by atoms with E-state index in [1.807, 2.05) is 13.0 Å². The fourth-order valence-corrected chi connectivity index (χ4v) is 4.43. The minimum Gasteiger partial charge on any atom is -0.360 e. The highest BCUT2D eigenvalue weighted by Crippen LogP contribution is 2.25. The highest BCUT2D eigenvalue weighted by molar-refractivity contribution is 7.89. The van der Waals surface area contributed by atoms with Gasteiger partial charge in [-0.05, 0) is 25.1 Å². The molecule has 152 valence electrons. The minimum absolute atomic E-state index is 0.0654. The molecule has 1 saturated heterocycles. The predicted molar refractivity (Wildman–Crippen MR) is 105 cm³/mol. The Labute approximate surface area is 169 Å². The molecule has 0 bridgehead atoms. The smallest absolute Gasteiger partial charge is 0.253 e. The van der Waals surface area contributed by atoms with Crippen LogP contribution in [-0.4, -0.2) is 73.9 Å². The van der Waals surface area contributed by atoms with Crippen molar-refractivity contribution in [3.05, 3.63) is 46.3 Å². The molecule has 2 aromatic rings. The van der Waals surface area contributed by atoms with E-state index >= 15 is 0 Å². The molecule has 0 spiro atoms. The van der Waals surface area contributed by atoms with E-state index in [4.69, 9.17) is 16.1 Å². The van der Waals surface area contributed by atoms with Gasteiger partial charge >= 0.3 is 0 Å². The number of carbonyl (C=O) groups excluding carboxylic acids is 1. The molecule has 3 rings (SSSR count). The van der Waals surface area contributed by atoms with Crippen LogP contribution in [0.25, 0.3) is 0 Å². The summed E-state index contributed by atoms with van der Waals surface area (Å²) in [6.07, 6.45) is 0. The lowest BCUT2D eigenvalue weighted by Gasteiger charge is -2.34. The van der Waals surface area contributed by atoms with Crippen molar-refractivity contribution in [1.29, 1.82) is 0 Å². The molecule has 1 amide bonds. The Morgan fingerprint density at radius 3 is 2.46 bits per heavy atom. The maximum absolute atomic E-state index is 12.9. The number of halogens is 1. The molecule has 1 aromatic heterocycles. The highest BCUT2D eigenvalue weighted by atomic mass is 35.5. The number of hydrogen-bond acceptors (Lipinski definition) is 6. The van der Waals surface area contributed by atoms with Crippen molar-refractivity contribution in [3.63, 3.8) is 0 Å². The molecule has 2 heterocycles. The zero-order valence-electron chi connectivity index (χ0n) is 16.1. The molecule has 1 aliphatic rings. The van der Waals surface area contributed by atoms with E-state index in [0.717, 1.165) is 15.8 Å². The molecule has 1 aliphatic heterocycles. The summed E-state index contributed by atoms with van der Waals surface area (Å²) >= 11 is 6.06. The summed E-state index contributed by atoms with van der Waals surface area (Å²) in [4.78, 5) is 16.7. The quantitative estimate of drug-likeness (QED) is 0.725. The number of piperazine rings is 1. The molecule has 0 unspecified atom stereocenters. The lowest BCUT2D eigenvalue weighted by Crippen LogP contribution is -2.48. The summed E-state index contributed by atoms with van der Waals surface area (Å²) in [5, 5.41) is 3.98. The Balaban J connectivity index is 1.68. The second-order valence-electron chi connectivity index (χ2n) is 6.94. The van der Waals surface area contributed by atoms with E-state index in [-0.39, 0.29) is 15.8 Å². The van der Waals surface area contributed by atoms with Crippen molar-refractivity contribution < 1.29 is 17.7 Å². The third-order valence-corrected chi connectivity index (χ3v) is 6.95. The summed E-state index contributed by atoms with van der Waals surface area (Å²) in [7, 11) is -0.878. The average Bonchev–Trinajstić information content (AvgIpc) is 3.06. The van der Waals surface area contributed by atoms with E-state index in [2.05, 4.69) is 10.1 Å². The Bertz CT molecular complexity index is 966. The van der Waals surface area contributed by atoms with E-state index in [1.54, 1.807) is 11.0 Å². The number of rotatable bonds is 5. The van der Waals surface area contributed by atoms with Crippen molar-refractivity contribution in [2.24, 2.45) is 0 Å². The van der Waals surface area contributed by atoms with Crippen LogP contribution >= 0.6 is 11.6 Å². The SMILES string of the molecule is Cc1cc(CN2CCN(C(=O)c3ccc(Cl)c(S(=O)(=O)N(C)C)c3)CC2)on1. The normalized spacial score (nSPS) is 16.0. The predicted octanol–water partition coefficient (Wildman–Crippen LogP) is 1.84. The summed E-state index contributed by atoms with van der Waals surface area (Å²) in [5.41, 5.74) is 1.15. The standard InChI is InChI=1S/C18H23ClN4O4S/c1-13-10-15(27-20-13)12-22-6-8-23(9-7-22)18(24)14-4-5-16(19)17(11-14)28(25,26)21(2)3/h4-5,10-11H,6-9,12H2,1-3H3. The minimum atomic E-state index is -3.73. The first kappa shape index (κ1) is 20.8. The molecule has 1 fully saturated rings. The molecular weight excluding hydrogens is 404 g/mol. The highest BCUT2D eigenvalue weighted by Gasteiger charge is 2.26. The van der Waals surface area contributed by atoms with Gasteiger partial charge in [-0.15, -0.1) is 0 Å². The van der Waals surface area contributed by atoms with Crippen molar-refractivity contribution in [2.45, 2.75) is 18.4 Å². The van der Waals surface area contributed by atoms with Crippen LogP contribution in [0.15, 0.2) is 33.7 Å². The summed E-state index contributed by atoms with van der Waals surface area (Å²) in [5.74, 6) is 0.593. The number of carbonyl (C=O) groups is 1. The lowest BCUT2D eigenvalue weighted by molar-refractivity contribution is 0.0617. The van der Waals surface area contributed by atoms with Gasteiger partial charge in [-0.1, -0.05) is 16.8 Å². The van der Waals surface area contributed by atoms with Crippen LogP contribution in [0, 0.1) is 6.92 Å². The Morgan fingerprint density at radius 1 is 1.21 bits per heavy atom. The first-order valence-electron chi connectivity index (χ1n) is 8.84. The Morgan fingerprint density at radius 2 is 1.89 bits per heavy atom. The molecule has 28 heavy (non-hydrogen) atoms. The van der Waals surface area contributed by atoms with Crippen LogP contribution in [0.3, 0.4) is 0 Å². The van der Waals surface area contributed by atoms with Gasteiger partial charge < -0.3 is 9.42 Å². The first-order valence-corrected chi connectivity index (χ1v) is 10.7. The van der Waals surface area contributed by atoms with Crippen molar-refractivity contribution in [3.8, 4) is 0 Å². The van der Waals surface area contributed by atoms with E-state index in [9.17, 15) is 13.2 Å². The van der Waals surface area contributed by atoms with Gasteiger partial charge in [0.2, 0.25) is 10.0 Å². The number of aryl methyl sites for hydroxylation is 1. The molecule has 8 nitrogen and oxygen atoms in total. The van der Waals surface area contributed by atoms with Crippen LogP contribution in [0.1, 0.15) is 21.8 Å². The van der Waals surface area contributed by atoms with Crippen LogP contribution in [0.2, 0.25) is 5.02 Å². The topological polar surface area (TPSA) is 87.0 Å². The maximum Gasteiger partial charge on any atom is 0.253 e. The Kier molecular flexibility index (Phi) is 6.09. The van der Waals surface area contributed by atoms with Crippen molar-refractivity contribution >= 4 is 27.5 Å². The zero-order valence-corrected chi connectivity index (χ0v) is 17.6. The van der Waals surface area contributed by atoms with Crippen LogP contribution < -0.4 is 0 Å². The van der Waals surface area contributed by atoms with Gasteiger partial charge in [0.05, 0.1) is 17.3 Å². The van der Waals surface area contributed by atoms with Crippen LogP contribution in [0.4, 0.5) is 0 Å². The van der Waals surface area contributed by atoms with Crippen molar-refractivity contribution in [2.75, 3.05) is 40.3 Å².